The average molecular weight is 757 g/mol. The van der Waals surface area contributed by atoms with Crippen LogP contribution in [0.5, 0.6) is 11.5 Å². The molecular weight excluding hydrogens is 700 g/mol. The van der Waals surface area contributed by atoms with E-state index in [1.165, 1.54) is 26.0 Å². The number of hydrogen-bond donors (Lipinski definition) is 7. The molecule has 2 aliphatic carbocycles. The lowest BCUT2D eigenvalue weighted by Gasteiger charge is -2.57. The monoisotopic (exact) mass is 756 g/mol. The molecule has 4 aliphatic rings. The molecule has 0 aromatic heterocycles. The maximum Gasteiger partial charge on any atom is 0.414 e. The van der Waals surface area contributed by atoms with Crippen LogP contribution in [0.15, 0.2) is 29.0 Å². The number of nitrogens with two attached hydrogens (primary N) is 2. The van der Waals surface area contributed by atoms with E-state index >= 15 is 0 Å². The summed E-state index contributed by atoms with van der Waals surface area (Å²) < 4.78 is 11.4. The molecule has 298 valence electrons. The summed E-state index contributed by atoms with van der Waals surface area (Å²) in [5, 5.41) is 26.8. The lowest BCUT2D eigenvalue weighted by atomic mass is 9.53. The highest BCUT2D eigenvalue weighted by Gasteiger charge is 2.55. The number of nitrogens with zero attached hydrogens (tertiary/aromatic N) is 3. The number of guanidine groups is 1. The number of benzene rings is 1. The number of fused-ring (bicyclic) bond motifs is 1. The Bertz CT molecular complexity index is 1610. The third-order valence-electron chi connectivity index (χ3n) is 10.9. The molecule has 2 saturated heterocycles. The van der Waals surface area contributed by atoms with Crippen LogP contribution in [0.25, 0.3) is 0 Å². The molecule has 2 aliphatic heterocycles. The van der Waals surface area contributed by atoms with Gasteiger partial charge in [0.2, 0.25) is 17.7 Å². The third-order valence-corrected chi connectivity index (χ3v) is 10.9. The number of aromatic hydroxyl groups is 1. The number of allylic oxidation sites excluding steroid dienone is 2. The largest absolute Gasteiger partial charge is 0.504 e. The first-order valence-corrected chi connectivity index (χ1v) is 18.5. The second-order valence-electron chi connectivity index (χ2n) is 14.4. The first-order valence-electron chi connectivity index (χ1n) is 18.5. The quantitative estimate of drug-likeness (QED) is 0.0685. The van der Waals surface area contributed by atoms with Crippen molar-refractivity contribution in [1.82, 2.24) is 25.8 Å². The topological polar surface area (TPSA) is 251 Å². The molecule has 0 saturated carbocycles. The highest BCUT2D eigenvalue weighted by Crippen LogP contribution is 2.58. The molecule has 54 heavy (non-hydrogen) atoms. The summed E-state index contributed by atoms with van der Waals surface area (Å²) in [5.41, 5.74) is 12.4. The minimum atomic E-state index is -1.30. The number of aliphatic imine (C=N–C) groups is 1. The van der Waals surface area contributed by atoms with Gasteiger partial charge in [0.15, 0.2) is 17.5 Å². The molecule has 2 bridgehead atoms. The van der Waals surface area contributed by atoms with Crippen molar-refractivity contribution in [2.24, 2.45) is 22.4 Å². The number of likely N-dealkylation sites (tertiary alicyclic amines) is 2. The van der Waals surface area contributed by atoms with Crippen LogP contribution in [0.1, 0.15) is 75.8 Å². The number of nitrogens with one attached hydrogen (secondary N) is 3. The Hall–Kier alpha value is -5.06. The number of piperidine rings is 2. The average Bonchev–Trinajstić information content (AvgIpc) is 3.13. The molecule has 1 aromatic rings. The smallest absolute Gasteiger partial charge is 0.414 e. The van der Waals surface area contributed by atoms with Gasteiger partial charge in [-0.1, -0.05) is 6.07 Å². The number of likely N-dealkylation sites (N-methyl/N-ethyl adjacent to an activating group) is 2. The van der Waals surface area contributed by atoms with Crippen LogP contribution in [-0.4, -0.2) is 121 Å². The molecule has 0 radical (unpaired) electrons. The molecule has 4 unspecified atom stereocenters. The van der Waals surface area contributed by atoms with Crippen LogP contribution >= 0.6 is 0 Å². The van der Waals surface area contributed by atoms with Crippen LogP contribution < -0.4 is 32.2 Å². The highest BCUT2D eigenvalue weighted by atomic mass is 16.6. The van der Waals surface area contributed by atoms with Crippen molar-refractivity contribution in [3.05, 3.63) is 35.1 Å². The molecule has 1 aromatic carbocycles. The van der Waals surface area contributed by atoms with Gasteiger partial charge >= 0.3 is 12.1 Å². The molecule has 17 nitrogen and oxygen atoms in total. The molecule has 17 heteroatoms. The number of methoxy groups -OCH3 is 1. The van der Waals surface area contributed by atoms with E-state index in [1.54, 1.807) is 7.11 Å². The van der Waals surface area contributed by atoms with Crippen LogP contribution in [-0.2, 0) is 35.8 Å². The summed E-state index contributed by atoms with van der Waals surface area (Å²) in [6, 6.07) is 2.61. The highest BCUT2D eigenvalue weighted by molar-refractivity contribution is 5.96. The number of hydrogen-bond acceptors (Lipinski definition) is 10. The minimum absolute atomic E-state index is 0.0645. The first kappa shape index (κ1) is 41.7. The zero-order chi connectivity index (χ0) is 39.6. The zero-order valence-corrected chi connectivity index (χ0v) is 31.7. The summed E-state index contributed by atoms with van der Waals surface area (Å²) in [7, 11) is 5.23. The predicted molar refractivity (Wildman–Crippen MR) is 200 cm³/mol. The van der Waals surface area contributed by atoms with Crippen molar-refractivity contribution in [3.63, 3.8) is 0 Å². The molecule has 5 atom stereocenters. The van der Waals surface area contributed by atoms with E-state index in [0.29, 0.717) is 37.1 Å². The molecule has 5 rings (SSSR count). The number of carboxylic acids is 1. The van der Waals surface area contributed by atoms with Gasteiger partial charge in [-0.25, -0.2) is 4.79 Å². The van der Waals surface area contributed by atoms with E-state index in [4.69, 9.17) is 26.0 Å². The lowest BCUT2D eigenvalue weighted by Crippen LogP contribution is -2.59. The van der Waals surface area contributed by atoms with Gasteiger partial charge < -0.3 is 56.9 Å². The van der Waals surface area contributed by atoms with Crippen LogP contribution in [0.3, 0.4) is 0 Å². The number of carbonyl (C=O) groups excluding carboxylic acids is 4. The van der Waals surface area contributed by atoms with Gasteiger partial charge in [0.05, 0.1) is 7.11 Å². The second kappa shape index (κ2) is 18.8. The van der Waals surface area contributed by atoms with Crippen LogP contribution in [0.2, 0.25) is 0 Å². The summed E-state index contributed by atoms with van der Waals surface area (Å²) in [5.74, 6) is -1.21. The minimum Gasteiger partial charge on any atom is -0.504 e. The molecular formula is C37H56N8O9. The molecule has 2 fully saturated rings. The number of phenolic OH excluding ortho intramolecular Hbond substituents is 1. The SMILES string of the molecule is CNC(=O)C(CCCN=C(N)N)NC(=O)[C@H](C)NC(=O)CC(=O)O.COc1ccc2c(c1O)C13CCN(C)C(C2)C1CC=C(OC(=O)N1CCCCC1)C3. The maximum absolute atomic E-state index is 12.7. The van der Waals surface area contributed by atoms with Gasteiger partial charge in [0.1, 0.15) is 24.3 Å². The maximum atomic E-state index is 12.7. The van der Waals surface area contributed by atoms with E-state index in [2.05, 4.69) is 45.0 Å². The van der Waals surface area contributed by atoms with E-state index in [0.717, 1.165) is 63.1 Å². The van der Waals surface area contributed by atoms with Gasteiger partial charge in [-0.3, -0.25) is 24.2 Å². The Morgan fingerprint density at radius 1 is 1.07 bits per heavy atom. The Balaban J connectivity index is 0.000000249. The van der Waals surface area contributed by atoms with Gasteiger partial charge in [-0.15, -0.1) is 0 Å². The van der Waals surface area contributed by atoms with Crippen molar-refractivity contribution >= 4 is 35.7 Å². The van der Waals surface area contributed by atoms with E-state index in [9.17, 15) is 29.1 Å². The van der Waals surface area contributed by atoms with Crippen molar-refractivity contribution in [2.45, 2.75) is 94.7 Å². The van der Waals surface area contributed by atoms with Crippen LogP contribution in [0, 0.1) is 5.92 Å². The number of carboxylic acid groups (broad SMARTS) is 1. The number of ether oxygens (including phenoxy) is 2. The first-order chi connectivity index (χ1) is 25.7. The lowest BCUT2D eigenvalue weighted by molar-refractivity contribution is -0.141. The molecule has 9 N–H and O–H groups in total. The Morgan fingerprint density at radius 2 is 1.80 bits per heavy atom. The summed E-state index contributed by atoms with van der Waals surface area (Å²) in [6.45, 7) is 4.23. The van der Waals surface area contributed by atoms with Crippen molar-refractivity contribution in [3.8, 4) is 11.5 Å². The molecule has 4 amide bonds. The Morgan fingerprint density at radius 3 is 2.44 bits per heavy atom. The zero-order valence-electron chi connectivity index (χ0n) is 31.7. The standard InChI is InChI=1S/C24H32N2O4.C13H24N6O5/c1-25-13-10-24-15-17(30-23(28)26-11-4-3-5-12-26)7-8-18(24)19(25)14-16-6-9-20(29-2)22(27)21(16)24;1-7(18-9(20)6-10(21)22)11(23)19-8(12(24)16-2)4-3-5-17-13(14)15/h6-7,9,18-19,27H,3-5,8,10-15H2,1-2H3;7-8H,3-6H2,1-2H3,(H,16,24)(H,18,20)(H,19,23)(H,21,22)(H4,14,15,17)/t;7-,8?/m.0/s1. The van der Waals surface area contributed by atoms with Gasteiger partial charge in [-0.2, -0.15) is 0 Å². The Kier molecular flexibility index (Phi) is 14.5. The van der Waals surface area contributed by atoms with Crippen molar-refractivity contribution < 1.29 is 43.7 Å². The Labute approximate surface area is 315 Å². The third kappa shape index (κ3) is 10.1. The predicted octanol–water partition coefficient (Wildman–Crippen LogP) is 1.07. The number of amides is 4. The number of rotatable bonds is 12. The molecule has 0 spiro atoms. The van der Waals surface area contributed by atoms with E-state index < -0.39 is 42.2 Å². The van der Waals surface area contributed by atoms with Crippen molar-refractivity contribution in [1.29, 1.82) is 0 Å². The number of aliphatic carboxylic acids is 1. The molecule has 2 heterocycles. The fraction of sp³-hybridized carbons (Fsp3) is 0.622. The fourth-order valence-electron chi connectivity index (χ4n) is 8.14. The number of phenols is 1. The van der Waals surface area contributed by atoms with Crippen LogP contribution in [0.4, 0.5) is 4.79 Å². The van der Waals surface area contributed by atoms with E-state index in [-0.39, 0.29) is 29.6 Å². The summed E-state index contributed by atoms with van der Waals surface area (Å²) in [6.07, 6.45) is 8.61. The normalized spacial score (nSPS) is 22.6. The van der Waals surface area contributed by atoms with Gasteiger partial charge in [-0.05, 0) is 95.5 Å². The summed E-state index contributed by atoms with van der Waals surface area (Å²) in [4.78, 5) is 66.4. The second-order valence-corrected chi connectivity index (χ2v) is 14.4. The number of carbonyl (C=O) groups is 5. The van der Waals surface area contributed by atoms with E-state index in [1.807, 2.05) is 11.0 Å². The van der Waals surface area contributed by atoms with Gasteiger partial charge in [0, 0.05) is 50.1 Å². The fourth-order valence-corrected chi connectivity index (χ4v) is 8.14. The summed E-state index contributed by atoms with van der Waals surface area (Å²) >= 11 is 0. The van der Waals surface area contributed by atoms with Gasteiger partial charge in [0.25, 0.3) is 0 Å². The van der Waals surface area contributed by atoms with Crippen molar-refractivity contribution in [2.75, 3.05) is 47.4 Å².